The summed E-state index contributed by atoms with van der Waals surface area (Å²) in [6, 6.07) is 7.23. The van der Waals surface area contributed by atoms with Gasteiger partial charge in [-0.2, -0.15) is 0 Å². The first-order chi connectivity index (χ1) is 11.5. The zero-order valence-corrected chi connectivity index (χ0v) is 14.4. The Morgan fingerprint density at radius 3 is 2.67 bits per heavy atom. The van der Waals surface area contributed by atoms with Crippen LogP contribution in [0.25, 0.3) is 10.9 Å². The molecule has 0 aliphatic carbocycles. The molecule has 2 aromatic rings. The Bertz CT molecular complexity index is 723. The Labute approximate surface area is 141 Å². The summed E-state index contributed by atoms with van der Waals surface area (Å²) in [5.41, 5.74) is 1.60. The Balaban J connectivity index is 2.15. The quantitative estimate of drug-likeness (QED) is 0.727. The molecule has 0 radical (unpaired) electrons. The Morgan fingerprint density at radius 2 is 2.04 bits per heavy atom. The number of aromatic nitrogens is 1. The van der Waals surface area contributed by atoms with Crippen molar-refractivity contribution in [3.8, 4) is 0 Å². The van der Waals surface area contributed by atoms with Crippen molar-refractivity contribution < 1.29 is 14.7 Å². The number of nitrogens with one attached hydrogen (secondary N) is 2. The zero-order valence-electron chi connectivity index (χ0n) is 14.4. The predicted molar refractivity (Wildman–Crippen MR) is 94.7 cm³/mol. The van der Waals surface area contributed by atoms with Crippen molar-refractivity contribution in [2.45, 2.75) is 39.8 Å². The number of aliphatic hydroxyl groups excluding tert-OH is 1. The van der Waals surface area contributed by atoms with Crippen LogP contribution >= 0.6 is 0 Å². The number of carbonyl (C=O) groups is 2. The second-order valence-corrected chi connectivity index (χ2v) is 6.11. The SMILES string of the molecule is CC[C@@H](C)[C@@H](CO)NC(=O)Cn1ccc2c(NC(C)=O)cccc21. The molecule has 6 heteroatoms. The molecule has 24 heavy (non-hydrogen) atoms. The standard InChI is InChI=1S/C18H25N3O3/c1-4-12(2)16(11-22)20-18(24)10-21-9-8-14-15(19-13(3)23)6-5-7-17(14)21/h5-9,12,16,22H,4,10-11H2,1-3H3,(H,19,23)(H,20,24)/t12-,16-/m1/s1. The fourth-order valence-corrected chi connectivity index (χ4v) is 2.72. The van der Waals surface area contributed by atoms with Crippen LogP contribution in [0.3, 0.4) is 0 Å². The second-order valence-electron chi connectivity index (χ2n) is 6.11. The molecule has 0 saturated carbocycles. The van der Waals surface area contributed by atoms with Gasteiger partial charge >= 0.3 is 0 Å². The minimum Gasteiger partial charge on any atom is -0.394 e. The molecule has 0 unspecified atom stereocenters. The first-order valence-electron chi connectivity index (χ1n) is 8.22. The summed E-state index contributed by atoms with van der Waals surface area (Å²) in [5.74, 6) is -0.0594. The maximum absolute atomic E-state index is 12.3. The molecule has 0 fully saturated rings. The van der Waals surface area contributed by atoms with Gasteiger partial charge < -0.3 is 20.3 Å². The van der Waals surface area contributed by atoms with Gasteiger partial charge in [-0.3, -0.25) is 9.59 Å². The maximum Gasteiger partial charge on any atom is 0.240 e. The van der Waals surface area contributed by atoms with Crippen LogP contribution in [0.15, 0.2) is 30.5 Å². The van der Waals surface area contributed by atoms with Crippen molar-refractivity contribution in [3.05, 3.63) is 30.5 Å². The molecule has 0 bridgehead atoms. The van der Waals surface area contributed by atoms with E-state index in [9.17, 15) is 14.7 Å². The van der Waals surface area contributed by atoms with E-state index in [4.69, 9.17) is 0 Å². The number of fused-ring (bicyclic) bond motifs is 1. The van der Waals surface area contributed by atoms with Gasteiger partial charge in [0.2, 0.25) is 11.8 Å². The zero-order chi connectivity index (χ0) is 17.7. The first-order valence-corrected chi connectivity index (χ1v) is 8.22. The Hall–Kier alpha value is -2.34. The van der Waals surface area contributed by atoms with Gasteiger partial charge in [0.05, 0.1) is 23.9 Å². The molecule has 2 amide bonds. The molecule has 1 aromatic carbocycles. The van der Waals surface area contributed by atoms with Crippen LogP contribution in [-0.2, 0) is 16.1 Å². The number of benzene rings is 1. The molecule has 1 aromatic heterocycles. The van der Waals surface area contributed by atoms with Crippen LogP contribution in [0, 0.1) is 5.92 Å². The molecular weight excluding hydrogens is 306 g/mol. The summed E-state index contributed by atoms with van der Waals surface area (Å²) < 4.78 is 1.83. The summed E-state index contributed by atoms with van der Waals surface area (Å²) in [4.78, 5) is 23.6. The molecule has 2 atom stereocenters. The van der Waals surface area contributed by atoms with Crippen molar-refractivity contribution in [1.29, 1.82) is 0 Å². The number of aliphatic hydroxyl groups is 1. The molecule has 0 spiro atoms. The molecule has 3 N–H and O–H groups in total. The van der Waals surface area contributed by atoms with E-state index in [0.717, 1.165) is 23.0 Å². The highest BCUT2D eigenvalue weighted by molar-refractivity contribution is 6.01. The van der Waals surface area contributed by atoms with Crippen molar-refractivity contribution in [2.24, 2.45) is 5.92 Å². The minimum atomic E-state index is -0.237. The third-order valence-corrected chi connectivity index (χ3v) is 4.31. The van der Waals surface area contributed by atoms with Gasteiger partial charge in [0, 0.05) is 18.5 Å². The van der Waals surface area contributed by atoms with Crippen LogP contribution in [0.5, 0.6) is 0 Å². The third kappa shape index (κ3) is 4.14. The van der Waals surface area contributed by atoms with Crippen LogP contribution < -0.4 is 10.6 Å². The van der Waals surface area contributed by atoms with E-state index in [-0.39, 0.29) is 36.9 Å². The number of carbonyl (C=O) groups excluding carboxylic acids is 2. The Kier molecular flexibility index (Phi) is 5.98. The number of nitrogens with zero attached hydrogens (tertiary/aromatic N) is 1. The number of hydrogen-bond acceptors (Lipinski definition) is 3. The van der Waals surface area contributed by atoms with E-state index in [1.807, 2.05) is 48.9 Å². The lowest BCUT2D eigenvalue weighted by Gasteiger charge is -2.22. The van der Waals surface area contributed by atoms with Crippen LogP contribution in [0.1, 0.15) is 27.2 Å². The molecule has 130 valence electrons. The summed E-state index contributed by atoms with van der Waals surface area (Å²) in [7, 11) is 0. The molecule has 0 aliphatic heterocycles. The van der Waals surface area contributed by atoms with Crippen LogP contribution in [0.2, 0.25) is 0 Å². The summed E-state index contributed by atoms with van der Waals surface area (Å²) in [6.07, 6.45) is 2.71. The smallest absolute Gasteiger partial charge is 0.240 e. The third-order valence-electron chi connectivity index (χ3n) is 4.31. The van der Waals surface area contributed by atoms with Gasteiger partial charge in [-0.25, -0.2) is 0 Å². The highest BCUT2D eigenvalue weighted by Gasteiger charge is 2.18. The van der Waals surface area contributed by atoms with E-state index < -0.39 is 0 Å². The number of hydrogen-bond donors (Lipinski definition) is 3. The average molecular weight is 331 g/mol. The summed E-state index contributed by atoms with van der Waals surface area (Å²) in [6.45, 7) is 5.60. The fourth-order valence-electron chi connectivity index (χ4n) is 2.72. The predicted octanol–water partition coefficient (Wildman–Crippen LogP) is 2.12. The normalized spacial score (nSPS) is 13.5. The van der Waals surface area contributed by atoms with Crippen molar-refractivity contribution >= 4 is 28.4 Å². The molecule has 6 nitrogen and oxygen atoms in total. The molecular formula is C18H25N3O3. The fraction of sp³-hybridized carbons (Fsp3) is 0.444. The van der Waals surface area contributed by atoms with Crippen molar-refractivity contribution in [2.75, 3.05) is 11.9 Å². The summed E-state index contributed by atoms with van der Waals surface area (Å²) in [5, 5.41) is 16.0. The average Bonchev–Trinajstić information content (AvgIpc) is 2.95. The van der Waals surface area contributed by atoms with Crippen molar-refractivity contribution in [1.82, 2.24) is 9.88 Å². The largest absolute Gasteiger partial charge is 0.394 e. The van der Waals surface area contributed by atoms with Crippen LogP contribution in [-0.4, -0.2) is 34.1 Å². The van der Waals surface area contributed by atoms with E-state index in [1.165, 1.54) is 6.92 Å². The van der Waals surface area contributed by atoms with Gasteiger partial charge in [-0.1, -0.05) is 26.3 Å². The van der Waals surface area contributed by atoms with E-state index in [0.29, 0.717) is 0 Å². The number of rotatable bonds is 7. The molecule has 2 rings (SSSR count). The molecule has 1 heterocycles. The lowest BCUT2D eigenvalue weighted by molar-refractivity contribution is -0.123. The lowest BCUT2D eigenvalue weighted by atomic mass is 10.00. The van der Waals surface area contributed by atoms with E-state index in [1.54, 1.807) is 0 Å². The summed E-state index contributed by atoms with van der Waals surface area (Å²) >= 11 is 0. The number of anilines is 1. The maximum atomic E-state index is 12.3. The van der Waals surface area contributed by atoms with E-state index >= 15 is 0 Å². The lowest BCUT2D eigenvalue weighted by Crippen LogP contribution is -2.43. The second kappa shape index (κ2) is 7.97. The van der Waals surface area contributed by atoms with Crippen LogP contribution in [0.4, 0.5) is 5.69 Å². The Morgan fingerprint density at radius 1 is 1.29 bits per heavy atom. The van der Waals surface area contributed by atoms with Gasteiger partial charge in [0.25, 0.3) is 0 Å². The first kappa shape index (κ1) is 18.0. The van der Waals surface area contributed by atoms with Gasteiger partial charge in [0.1, 0.15) is 6.54 Å². The van der Waals surface area contributed by atoms with Gasteiger partial charge in [-0.05, 0) is 24.1 Å². The molecule has 0 aliphatic rings. The highest BCUT2D eigenvalue weighted by Crippen LogP contribution is 2.24. The van der Waals surface area contributed by atoms with Gasteiger partial charge in [0.15, 0.2) is 0 Å². The highest BCUT2D eigenvalue weighted by atomic mass is 16.3. The monoisotopic (exact) mass is 331 g/mol. The number of amides is 2. The van der Waals surface area contributed by atoms with Gasteiger partial charge in [-0.15, -0.1) is 0 Å². The topological polar surface area (TPSA) is 83.4 Å². The van der Waals surface area contributed by atoms with Crippen molar-refractivity contribution in [3.63, 3.8) is 0 Å². The minimum absolute atomic E-state index is 0.0696. The molecule has 0 saturated heterocycles. The van der Waals surface area contributed by atoms with E-state index in [2.05, 4.69) is 10.6 Å².